The van der Waals surface area contributed by atoms with E-state index in [0.29, 0.717) is 27.8 Å². The summed E-state index contributed by atoms with van der Waals surface area (Å²) in [7, 11) is 0. The zero-order valence-corrected chi connectivity index (χ0v) is 24.2. The van der Waals surface area contributed by atoms with Crippen molar-refractivity contribution in [1.82, 2.24) is 10.2 Å². The molecule has 3 aromatic carbocycles. The quantitative estimate of drug-likeness (QED) is 0.256. The summed E-state index contributed by atoms with van der Waals surface area (Å²) in [6.45, 7) is 5.79. The molecule has 3 aromatic rings. The van der Waals surface area contributed by atoms with Crippen LogP contribution in [-0.4, -0.2) is 35.4 Å². The largest absolute Gasteiger partial charge is 0.484 e. The summed E-state index contributed by atoms with van der Waals surface area (Å²) in [5.74, 6) is 0.0186. The molecule has 0 spiro atoms. The summed E-state index contributed by atoms with van der Waals surface area (Å²) in [5.41, 5.74) is 2.62. The Morgan fingerprint density at radius 3 is 2.43 bits per heavy atom. The second-order valence-corrected chi connectivity index (χ2v) is 10.7. The van der Waals surface area contributed by atoms with Crippen LogP contribution < -0.4 is 10.1 Å². The van der Waals surface area contributed by atoms with Crippen LogP contribution in [0.3, 0.4) is 0 Å². The molecular formula is C29H31BrCl2N2O3. The molecule has 0 heterocycles. The predicted molar refractivity (Wildman–Crippen MR) is 153 cm³/mol. The Labute approximate surface area is 237 Å². The molecule has 3 rings (SSSR count). The van der Waals surface area contributed by atoms with Crippen molar-refractivity contribution in [3.05, 3.63) is 97.9 Å². The Morgan fingerprint density at radius 2 is 1.78 bits per heavy atom. The van der Waals surface area contributed by atoms with Gasteiger partial charge in [-0.1, -0.05) is 82.5 Å². The normalized spacial score (nSPS) is 12.5. The maximum absolute atomic E-state index is 13.7. The van der Waals surface area contributed by atoms with Gasteiger partial charge in [-0.15, -0.1) is 0 Å². The number of hydrogen-bond donors (Lipinski definition) is 1. The molecule has 0 fully saturated rings. The van der Waals surface area contributed by atoms with Crippen molar-refractivity contribution in [3.63, 3.8) is 0 Å². The number of rotatable bonds is 11. The molecule has 0 bridgehead atoms. The van der Waals surface area contributed by atoms with Crippen LogP contribution in [0.5, 0.6) is 5.75 Å². The minimum Gasteiger partial charge on any atom is -0.484 e. The maximum Gasteiger partial charge on any atom is 0.261 e. The lowest BCUT2D eigenvalue weighted by Gasteiger charge is -2.32. The minimum atomic E-state index is -0.772. The van der Waals surface area contributed by atoms with E-state index in [9.17, 15) is 9.59 Å². The molecule has 5 nitrogen and oxygen atoms in total. The number of halogens is 3. The Kier molecular flexibility index (Phi) is 10.9. The van der Waals surface area contributed by atoms with Crippen molar-refractivity contribution >= 4 is 50.9 Å². The molecule has 0 aliphatic carbocycles. The van der Waals surface area contributed by atoms with Gasteiger partial charge >= 0.3 is 0 Å². The Bertz CT molecular complexity index is 1220. The van der Waals surface area contributed by atoms with Gasteiger partial charge < -0.3 is 15.0 Å². The van der Waals surface area contributed by atoms with Gasteiger partial charge in [0, 0.05) is 33.5 Å². The van der Waals surface area contributed by atoms with E-state index in [-0.39, 0.29) is 31.0 Å². The van der Waals surface area contributed by atoms with E-state index in [0.717, 1.165) is 22.0 Å². The van der Waals surface area contributed by atoms with E-state index in [1.54, 1.807) is 29.2 Å². The third-order valence-corrected chi connectivity index (χ3v) is 7.60. The van der Waals surface area contributed by atoms with Crippen LogP contribution in [0.1, 0.15) is 37.0 Å². The van der Waals surface area contributed by atoms with Crippen molar-refractivity contribution in [2.24, 2.45) is 0 Å². The second-order valence-electron chi connectivity index (χ2n) is 8.98. The molecule has 0 aliphatic heterocycles. The molecule has 0 unspecified atom stereocenters. The number of nitrogens with zero attached hydrogens (tertiary/aromatic N) is 1. The third kappa shape index (κ3) is 8.49. The zero-order chi connectivity index (χ0) is 26.9. The number of amides is 2. The lowest BCUT2D eigenvalue weighted by Crippen LogP contribution is -2.53. The van der Waals surface area contributed by atoms with E-state index < -0.39 is 6.04 Å². The first kappa shape index (κ1) is 29.0. The molecule has 0 aromatic heterocycles. The zero-order valence-electron chi connectivity index (χ0n) is 21.1. The number of carbonyl (C=O) groups excluding carboxylic acids is 2. The van der Waals surface area contributed by atoms with Gasteiger partial charge in [0.2, 0.25) is 5.91 Å². The van der Waals surface area contributed by atoms with Gasteiger partial charge in [-0.2, -0.15) is 0 Å². The topological polar surface area (TPSA) is 58.6 Å². The molecule has 0 saturated heterocycles. The highest BCUT2D eigenvalue weighted by Gasteiger charge is 2.31. The standard InChI is InChI=1S/C29H31BrCl2N2O3/c1-4-20(3)33-29(36)27(15-21-8-6-5-7-9-21)34(17-22-10-11-23(31)16-26(22)32)28(35)18-37-24-12-13-25(30)19(2)14-24/h5-14,16,20,27H,4,15,17-18H2,1-3H3,(H,33,36)/t20-,27+/m0/s1. The minimum absolute atomic E-state index is 0.0381. The summed E-state index contributed by atoms with van der Waals surface area (Å²) >= 11 is 16.1. The van der Waals surface area contributed by atoms with Crippen LogP contribution in [0.2, 0.25) is 10.0 Å². The van der Waals surface area contributed by atoms with Gasteiger partial charge in [0.15, 0.2) is 6.61 Å². The fourth-order valence-corrected chi connectivity index (χ4v) is 4.48. The van der Waals surface area contributed by atoms with Crippen LogP contribution in [0, 0.1) is 6.92 Å². The monoisotopic (exact) mass is 604 g/mol. The van der Waals surface area contributed by atoms with Crippen LogP contribution in [0.4, 0.5) is 0 Å². The number of nitrogens with one attached hydrogen (secondary N) is 1. The Hall–Kier alpha value is -2.54. The molecule has 2 atom stereocenters. The molecule has 8 heteroatoms. The first-order valence-electron chi connectivity index (χ1n) is 12.1. The third-order valence-electron chi connectivity index (χ3n) is 6.12. The number of hydrogen-bond acceptors (Lipinski definition) is 3. The van der Waals surface area contributed by atoms with E-state index in [2.05, 4.69) is 21.2 Å². The lowest BCUT2D eigenvalue weighted by molar-refractivity contribution is -0.143. The average molecular weight is 606 g/mol. The van der Waals surface area contributed by atoms with Gasteiger partial charge in [-0.3, -0.25) is 9.59 Å². The van der Waals surface area contributed by atoms with Crippen molar-refractivity contribution in [3.8, 4) is 5.75 Å². The van der Waals surface area contributed by atoms with Gasteiger partial charge in [0.1, 0.15) is 11.8 Å². The van der Waals surface area contributed by atoms with Gasteiger partial charge in [-0.05, 0) is 67.3 Å². The second kappa shape index (κ2) is 13.8. The van der Waals surface area contributed by atoms with E-state index >= 15 is 0 Å². The van der Waals surface area contributed by atoms with Crippen LogP contribution in [0.25, 0.3) is 0 Å². The van der Waals surface area contributed by atoms with Crippen molar-refractivity contribution < 1.29 is 14.3 Å². The number of benzene rings is 3. The predicted octanol–water partition coefficient (Wildman–Crippen LogP) is 7.00. The summed E-state index contributed by atoms with van der Waals surface area (Å²) in [6, 6.07) is 19.5. The van der Waals surface area contributed by atoms with Gasteiger partial charge in [-0.25, -0.2) is 0 Å². The van der Waals surface area contributed by atoms with E-state index in [1.807, 2.05) is 63.2 Å². The molecule has 196 valence electrons. The summed E-state index contributed by atoms with van der Waals surface area (Å²) in [4.78, 5) is 28.8. The number of aryl methyl sites for hydroxylation is 1. The van der Waals surface area contributed by atoms with E-state index in [1.165, 1.54) is 0 Å². The average Bonchev–Trinajstić information content (AvgIpc) is 2.88. The first-order valence-corrected chi connectivity index (χ1v) is 13.7. The summed E-state index contributed by atoms with van der Waals surface area (Å²) < 4.78 is 6.81. The van der Waals surface area contributed by atoms with Crippen molar-refractivity contribution in [1.29, 1.82) is 0 Å². The summed E-state index contributed by atoms with van der Waals surface area (Å²) in [5, 5.41) is 3.97. The highest BCUT2D eigenvalue weighted by molar-refractivity contribution is 9.10. The fourth-order valence-electron chi connectivity index (χ4n) is 3.76. The highest BCUT2D eigenvalue weighted by atomic mass is 79.9. The van der Waals surface area contributed by atoms with Gasteiger partial charge in [0.25, 0.3) is 5.91 Å². The molecule has 0 saturated carbocycles. The van der Waals surface area contributed by atoms with Crippen molar-refractivity contribution in [2.45, 2.75) is 52.2 Å². The lowest BCUT2D eigenvalue weighted by atomic mass is 10.0. The molecule has 1 N–H and O–H groups in total. The van der Waals surface area contributed by atoms with Crippen LogP contribution in [0.15, 0.2) is 71.2 Å². The number of ether oxygens (including phenoxy) is 1. The molecule has 0 aliphatic rings. The van der Waals surface area contributed by atoms with E-state index in [4.69, 9.17) is 27.9 Å². The van der Waals surface area contributed by atoms with Gasteiger partial charge in [0.05, 0.1) is 0 Å². The Morgan fingerprint density at radius 1 is 1.05 bits per heavy atom. The molecular weight excluding hydrogens is 575 g/mol. The van der Waals surface area contributed by atoms with Crippen LogP contribution in [-0.2, 0) is 22.6 Å². The molecule has 37 heavy (non-hydrogen) atoms. The summed E-state index contributed by atoms with van der Waals surface area (Å²) in [6.07, 6.45) is 1.12. The molecule has 0 radical (unpaired) electrons. The van der Waals surface area contributed by atoms with Crippen molar-refractivity contribution in [2.75, 3.05) is 6.61 Å². The highest BCUT2D eigenvalue weighted by Crippen LogP contribution is 2.25. The smallest absolute Gasteiger partial charge is 0.261 e. The fraction of sp³-hybridized carbons (Fsp3) is 0.310. The SMILES string of the molecule is CC[C@H](C)NC(=O)[C@@H](Cc1ccccc1)N(Cc1ccc(Cl)cc1Cl)C(=O)COc1ccc(Br)c(C)c1. The maximum atomic E-state index is 13.7. The number of carbonyl (C=O) groups is 2. The van der Waals surface area contributed by atoms with Crippen LogP contribution >= 0.6 is 39.1 Å². The molecule has 2 amide bonds. The Balaban J connectivity index is 1.94. The first-order chi connectivity index (χ1) is 17.7.